The predicted molar refractivity (Wildman–Crippen MR) is 135 cm³/mol. The molecule has 1 amide bonds. The molecule has 0 unspecified atom stereocenters. The van der Waals surface area contributed by atoms with E-state index in [0.29, 0.717) is 56.9 Å². The van der Waals surface area contributed by atoms with Gasteiger partial charge in [0.05, 0.1) is 24.6 Å². The standard InChI is InChI=1S/C25H21N5O4S/c1-33-20-11-4-5-12-21(20)34-14-13-26-22(31)16-7-6-8-17(15-16)27-24-29-30-23(32)18-9-2-3-10-19(18)28-25(30)35-24/h2-12,15H,13-14H2,1H3,(H,26,31)(H,27,29). The van der Waals surface area contributed by atoms with E-state index in [4.69, 9.17) is 9.47 Å². The number of amides is 1. The molecule has 0 saturated heterocycles. The topological polar surface area (TPSA) is 107 Å². The fourth-order valence-electron chi connectivity index (χ4n) is 3.53. The number of fused-ring (bicyclic) bond motifs is 2. The predicted octanol–water partition coefficient (Wildman–Crippen LogP) is 3.87. The zero-order chi connectivity index (χ0) is 24.2. The van der Waals surface area contributed by atoms with Gasteiger partial charge in [0.25, 0.3) is 11.5 Å². The molecular formula is C25H21N5O4S. The number of hydrogen-bond donors (Lipinski definition) is 2. The molecule has 10 heteroatoms. The average Bonchev–Trinajstić information content (AvgIpc) is 3.29. The molecule has 0 radical (unpaired) electrons. The SMILES string of the molecule is COc1ccccc1OCCNC(=O)c1cccc(Nc2nn3c(=O)c4ccccc4nc3s2)c1. The number of anilines is 2. The fourth-order valence-corrected chi connectivity index (χ4v) is 4.35. The first-order valence-electron chi connectivity index (χ1n) is 10.8. The summed E-state index contributed by atoms with van der Waals surface area (Å²) in [6.45, 7) is 0.625. The third-order valence-corrected chi connectivity index (χ3v) is 6.02. The smallest absolute Gasteiger partial charge is 0.283 e. The first-order chi connectivity index (χ1) is 17.1. The average molecular weight is 488 g/mol. The third-order valence-electron chi connectivity index (χ3n) is 5.19. The van der Waals surface area contributed by atoms with Crippen molar-refractivity contribution in [3.05, 3.63) is 88.7 Å². The maximum Gasteiger partial charge on any atom is 0.283 e. The molecule has 9 nitrogen and oxygen atoms in total. The Bertz CT molecular complexity index is 1580. The molecule has 0 aliphatic carbocycles. The van der Waals surface area contributed by atoms with E-state index in [1.165, 1.54) is 15.9 Å². The summed E-state index contributed by atoms with van der Waals surface area (Å²) in [6.07, 6.45) is 0. The number of nitrogens with one attached hydrogen (secondary N) is 2. The highest BCUT2D eigenvalue weighted by Gasteiger charge is 2.12. The van der Waals surface area contributed by atoms with E-state index >= 15 is 0 Å². The lowest BCUT2D eigenvalue weighted by Gasteiger charge is -2.11. The van der Waals surface area contributed by atoms with Crippen LogP contribution in [0.4, 0.5) is 10.8 Å². The minimum Gasteiger partial charge on any atom is -0.493 e. The van der Waals surface area contributed by atoms with Crippen molar-refractivity contribution in [1.82, 2.24) is 19.9 Å². The van der Waals surface area contributed by atoms with E-state index in [0.717, 1.165) is 0 Å². The molecule has 0 aliphatic rings. The summed E-state index contributed by atoms with van der Waals surface area (Å²) in [7, 11) is 1.58. The number of nitrogens with zero attached hydrogens (tertiary/aromatic N) is 3. The fraction of sp³-hybridized carbons (Fsp3) is 0.120. The van der Waals surface area contributed by atoms with Crippen molar-refractivity contribution in [2.75, 3.05) is 25.6 Å². The van der Waals surface area contributed by atoms with Gasteiger partial charge in [0.1, 0.15) is 6.61 Å². The molecule has 35 heavy (non-hydrogen) atoms. The monoisotopic (exact) mass is 487 g/mol. The molecule has 2 heterocycles. The summed E-state index contributed by atoms with van der Waals surface area (Å²) < 4.78 is 12.2. The van der Waals surface area contributed by atoms with Gasteiger partial charge in [-0.1, -0.05) is 41.7 Å². The normalized spacial score (nSPS) is 10.9. The van der Waals surface area contributed by atoms with Crippen molar-refractivity contribution in [3.8, 4) is 11.5 Å². The molecule has 0 bridgehead atoms. The summed E-state index contributed by atoms with van der Waals surface area (Å²) in [5.41, 5.74) is 1.55. The molecule has 2 N–H and O–H groups in total. The molecule has 2 aromatic heterocycles. The number of para-hydroxylation sites is 3. The lowest BCUT2D eigenvalue weighted by molar-refractivity contribution is 0.0947. The molecule has 5 aromatic rings. The van der Waals surface area contributed by atoms with E-state index in [1.807, 2.05) is 36.4 Å². The van der Waals surface area contributed by atoms with Crippen molar-refractivity contribution < 1.29 is 14.3 Å². The van der Waals surface area contributed by atoms with Gasteiger partial charge in [0.2, 0.25) is 10.1 Å². The summed E-state index contributed by atoms with van der Waals surface area (Å²) >= 11 is 1.26. The zero-order valence-corrected chi connectivity index (χ0v) is 19.5. The quantitative estimate of drug-likeness (QED) is 0.320. The van der Waals surface area contributed by atoms with Gasteiger partial charge in [-0.3, -0.25) is 9.59 Å². The highest BCUT2D eigenvalue weighted by Crippen LogP contribution is 2.26. The lowest BCUT2D eigenvalue weighted by atomic mass is 10.2. The van der Waals surface area contributed by atoms with Gasteiger partial charge in [-0.25, -0.2) is 4.98 Å². The number of aromatic nitrogens is 3. The Balaban J connectivity index is 1.24. The van der Waals surface area contributed by atoms with Crippen LogP contribution in [0, 0.1) is 0 Å². The summed E-state index contributed by atoms with van der Waals surface area (Å²) in [5, 5.41) is 11.4. The summed E-state index contributed by atoms with van der Waals surface area (Å²) in [5.74, 6) is 1.02. The largest absolute Gasteiger partial charge is 0.493 e. The second-order valence-electron chi connectivity index (χ2n) is 7.50. The molecule has 0 spiro atoms. The maximum absolute atomic E-state index is 12.7. The molecule has 0 atom stereocenters. The van der Waals surface area contributed by atoms with Crippen molar-refractivity contribution in [1.29, 1.82) is 0 Å². The van der Waals surface area contributed by atoms with Gasteiger partial charge in [-0.2, -0.15) is 4.52 Å². The number of carbonyl (C=O) groups is 1. The Morgan fingerprint density at radius 2 is 1.83 bits per heavy atom. The van der Waals surface area contributed by atoms with Gasteiger partial charge in [-0.05, 0) is 42.5 Å². The number of rotatable bonds is 8. The van der Waals surface area contributed by atoms with Gasteiger partial charge in [0.15, 0.2) is 11.5 Å². The van der Waals surface area contributed by atoms with E-state index in [1.54, 1.807) is 43.5 Å². The third kappa shape index (κ3) is 4.78. The Morgan fingerprint density at radius 3 is 2.69 bits per heavy atom. The Morgan fingerprint density at radius 1 is 1.03 bits per heavy atom. The number of hydrogen-bond acceptors (Lipinski definition) is 8. The number of methoxy groups -OCH3 is 1. The van der Waals surface area contributed by atoms with Gasteiger partial charge in [0, 0.05) is 11.3 Å². The van der Waals surface area contributed by atoms with E-state index in [2.05, 4.69) is 20.7 Å². The number of benzene rings is 3. The van der Waals surface area contributed by atoms with Crippen LogP contribution in [0.2, 0.25) is 0 Å². The first-order valence-corrected chi connectivity index (χ1v) is 11.6. The summed E-state index contributed by atoms with van der Waals surface area (Å²) in [4.78, 5) is 30.3. The number of ether oxygens (including phenoxy) is 2. The van der Waals surface area contributed by atoms with Crippen molar-refractivity contribution in [3.63, 3.8) is 0 Å². The molecule has 176 valence electrons. The van der Waals surface area contributed by atoms with Crippen LogP contribution in [-0.2, 0) is 0 Å². The van der Waals surface area contributed by atoms with E-state index < -0.39 is 0 Å². The van der Waals surface area contributed by atoms with Crippen LogP contribution >= 0.6 is 11.3 Å². The van der Waals surface area contributed by atoms with Gasteiger partial charge in [-0.15, -0.1) is 5.10 Å². The van der Waals surface area contributed by atoms with Crippen LogP contribution in [0.25, 0.3) is 15.9 Å². The van der Waals surface area contributed by atoms with Gasteiger partial charge >= 0.3 is 0 Å². The number of carbonyl (C=O) groups excluding carboxylic acids is 1. The second-order valence-corrected chi connectivity index (χ2v) is 8.45. The van der Waals surface area contributed by atoms with Crippen LogP contribution in [0.15, 0.2) is 77.6 Å². The Labute approximate surface area is 204 Å². The zero-order valence-electron chi connectivity index (χ0n) is 18.7. The first kappa shape index (κ1) is 22.4. The Kier molecular flexibility index (Phi) is 6.27. The molecule has 0 aliphatic heterocycles. The van der Waals surface area contributed by atoms with Crippen LogP contribution in [0.3, 0.4) is 0 Å². The van der Waals surface area contributed by atoms with Crippen LogP contribution in [-0.4, -0.2) is 40.8 Å². The van der Waals surface area contributed by atoms with Crippen LogP contribution in [0.5, 0.6) is 11.5 Å². The van der Waals surface area contributed by atoms with Crippen molar-refractivity contribution >= 4 is 43.9 Å². The van der Waals surface area contributed by atoms with Crippen molar-refractivity contribution in [2.24, 2.45) is 0 Å². The molecule has 5 rings (SSSR count). The minimum absolute atomic E-state index is 0.224. The van der Waals surface area contributed by atoms with E-state index in [9.17, 15) is 9.59 Å². The van der Waals surface area contributed by atoms with E-state index in [-0.39, 0.29) is 11.5 Å². The minimum atomic E-state index is -0.231. The molecule has 0 fully saturated rings. The highest BCUT2D eigenvalue weighted by atomic mass is 32.1. The molecule has 3 aromatic carbocycles. The highest BCUT2D eigenvalue weighted by molar-refractivity contribution is 7.20. The maximum atomic E-state index is 12.7. The van der Waals surface area contributed by atoms with Crippen LogP contribution < -0.4 is 25.7 Å². The van der Waals surface area contributed by atoms with Gasteiger partial charge < -0.3 is 20.1 Å². The molecule has 0 saturated carbocycles. The van der Waals surface area contributed by atoms with Crippen LogP contribution in [0.1, 0.15) is 10.4 Å². The second kappa shape index (κ2) is 9.82. The summed E-state index contributed by atoms with van der Waals surface area (Å²) in [6, 6.07) is 21.5. The molecular weight excluding hydrogens is 466 g/mol. The lowest BCUT2D eigenvalue weighted by Crippen LogP contribution is -2.28. The Hall–Kier alpha value is -4.44. The van der Waals surface area contributed by atoms with Crippen molar-refractivity contribution in [2.45, 2.75) is 0 Å².